The van der Waals surface area contributed by atoms with Gasteiger partial charge in [0.25, 0.3) is 5.69 Å². The van der Waals surface area contributed by atoms with Crippen molar-refractivity contribution in [2.24, 2.45) is 4.99 Å². The Balaban J connectivity index is 2.13. The fraction of sp³-hybridized carbons (Fsp3) is 0. The number of benzene rings is 2. The summed E-state index contributed by atoms with van der Waals surface area (Å²) in [6.07, 6.45) is 1.57. The molecule has 0 atom stereocenters. The number of hydrogen-bond acceptors (Lipinski definition) is 3. The van der Waals surface area contributed by atoms with Gasteiger partial charge < -0.3 is 0 Å². The predicted octanol–water partition coefficient (Wildman–Crippen LogP) is 3.48. The highest BCUT2D eigenvalue weighted by atomic mass is 19.1. The minimum absolute atomic E-state index is 0.0238. The second kappa shape index (κ2) is 5.18. The number of nitro benzene ring substituents is 1. The Bertz CT molecular complexity index is 577. The smallest absolute Gasteiger partial charge is 0.258 e. The van der Waals surface area contributed by atoms with Crippen molar-refractivity contribution in [3.05, 3.63) is 70.0 Å². The molecule has 0 spiro atoms. The molecule has 0 radical (unpaired) electrons. The monoisotopic (exact) mass is 244 g/mol. The van der Waals surface area contributed by atoms with E-state index < -0.39 is 4.92 Å². The van der Waals surface area contributed by atoms with E-state index in [1.807, 2.05) is 0 Å². The third kappa shape index (κ3) is 2.98. The Labute approximate surface area is 103 Å². The summed E-state index contributed by atoms with van der Waals surface area (Å²) in [5.74, 6) is -0.303. The highest BCUT2D eigenvalue weighted by Gasteiger charge is 2.02. The van der Waals surface area contributed by atoms with E-state index in [2.05, 4.69) is 4.99 Å². The zero-order chi connectivity index (χ0) is 13.0. The molecule has 2 aromatic rings. The molecule has 0 heterocycles. The summed E-state index contributed by atoms with van der Waals surface area (Å²) >= 11 is 0. The number of hydrogen-bond donors (Lipinski definition) is 0. The van der Waals surface area contributed by atoms with E-state index in [0.717, 1.165) is 5.56 Å². The van der Waals surface area contributed by atoms with E-state index in [4.69, 9.17) is 0 Å². The van der Waals surface area contributed by atoms with Gasteiger partial charge >= 0.3 is 0 Å². The van der Waals surface area contributed by atoms with Crippen LogP contribution in [0.15, 0.2) is 53.5 Å². The first-order chi connectivity index (χ1) is 8.65. The van der Waals surface area contributed by atoms with E-state index in [9.17, 15) is 14.5 Å². The molecule has 0 N–H and O–H groups in total. The summed E-state index contributed by atoms with van der Waals surface area (Å²) in [6.45, 7) is 0. The van der Waals surface area contributed by atoms with Crippen LogP contribution in [0.25, 0.3) is 0 Å². The van der Waals surface area contributed by atoms with Crippen molar-refractivity contribution in [3.8, 4) is 0 Å². The predicted molar refractivity (Wildman–Crippen MR) is 66.8 cm³/mol. The van der Waals surface area contributed by atoms with Crippen LogP contribution in [0.1, 0.15) is 5.56 Å². The molecule has 90 valence electrons. The summed E-state index contributed by atoms with van der Waals surface area (Å²) in [7, 11) is 0. The van der Waals surface area contributed by atoms with Crippen LogP contribution in [-0.2, 0) is 0 Å². The highest BCUT2D eigenvalue weighted by molar-refractivity contribution is 5.81. The van der Waals surface area contributed by atoms with Crippen molar-refractivity contribution in [2.75, 3.05) is 0 Å². The summed E-state index contributed by atoms with van der Waals surface area (Å²) in [5, 5.41) is 10.5. The van der Waals surface area contributed by atoms with E-state index in [-0.39, 0.29) is 11.5 Å². The largest absolute Gasteiger partial charge is 0.269 e. The molecule has 0 bridgehead atoms. The van der Waals surface area contributed by atoms with E-state index in [1.165, 1.54) is 24.3 Å². The van der Waals surface area contributed by atoms with Crippen molar-refractivity contribution in [2.45, 2.75) is 0 Å². The second-order valence-corrected chi connectivity index (χ2v) is 3.58. The van der Waals surface area contributed by atoms with Gasteiger partial charge in [-0.15, -0.1) is 0 Å². The summed E-state index contributed by atoms with van der Waals surface area (Å²) in [4.78, 5) is 14.1. The Morgan fingerprint density at radius 2 is 1.67 bits per heavy atom. The lowest BCUT2D eigenvalue weighted by Crippen LogP contribution is -1.86. The van der Waals surface area contributed by atoms with Crippen molar-refractivity contribution in [3.63, 3.8) is 0 Å². The van der Waals surface area contributed by atoms with Gasteiger partial charge in [0.1, 0.15) is 5.82 Å². The molecule has 2 rings (SSSR count). The average Bonchev–Trinajstić information content (AvgIpc) is 2.38. The number of rotatable bonds is 3. The first kappa shape index (κ1) is 11.9. The van der Waals surface area contributed by atoms with E-state index >= 15 is 0 Å². The summed E-state index contributed by atoms with van der Waals surface area (Å²) in [6, 6.07) is 11.8. The van der Waals surface area contributed by atoms with Gasteiger partial charge in [-0.3, -0.25) is 15.1 Å². The molecule has 0 aromatic heterocycles. The molecule has 0 aliphatic rings. The Hall–Kier alpha value is -2.56. The standard InChI is InChI=1S/C13H9FN2O2/c14-11-3-1-10(2-4-11)9-15-12-5-7-13(8-6-12)16(17)18/h1-9H. The lowest BCUT2D eigenvalue weighted by atomic mass is 10.2. The molecule has 0 aliphatic heterocycles. The van der Waals surface area contributed by atoms with Crippen LogP contribution in [0.4, 0.5) is 15.8 Å². The van der Waals surface area contributed by atoms with Crippen molar-refractivity contribution in [1.29, 1.82) is 0 Å². The van der Waals surface area contributed by atoms with Crippen molar-refractivity contribution < 1.29 is 9.31 Å². The SMILES string of the molecule is O=[N+]([O-])c1ccc(N=Cc2ccc(F)cc2)cc1. The number of halogens is 1. The highest BCUT2D eigenvalue weighted by Crippen LogP contribution is 2.17. The maximum atomic E-state index is 12.7. The zero-order valence-electron chi connectivity index (χ0n) is 9.29. The van der Waals surface area contributed by atoms with Crippen LogP contribution in [-0.4, -0.2) is 11.1 Å². The van der Waals surface area contributed by atoms with Gasteiger partial charge in [0.05, 0.1) is 10.6 Å². The molecule has 0 amide bonds. The van der Waals surface area contributed by atoms with Gasteiger partial charge in [0, 0.05) is 18.3 Å². The number of nitro groups is 1. The van der Waals surface area contributed by atoms with Crippen LogP contribution in [0.3, 0.4) is 0 Å². The van der Waals surface area contributed by atoms with Gasteiger partial charge in [-0.25, -0.2) is 4.39 Å². The normalized spacial score (nSPS) is 10.7. The molecule has 0 fully saturated rings. The maximum Gasteiger partial charge on any atom is 0.269 e. The lowest BCUT2D eigenvalue weighted by molar-refractivity contribution is -0.384. The molecular weight excluding hydrogens is 235 g/mol. The van der Waals surface area contributed by atoms with E-state index in [0.29, 0.717) is 5.69 Å². The molecule has 0 unspecified atom stereocenters. The van der Waals surface area contributed by atoms with Gasteiger partial charge in [0.15, 0.2) is 0 Å². The van der Waals surface area contributed by atoms with Crippen LogP contribution < -0.4 is 0 Å². The molecular formula is C13H9FN2O2. The quantitative estimate of drug-likeness (QED) is 0.471. The molecule has 4 nitrogen and oxygen atoms in total. The molecule has 0 saturated heterocycles. The molecule has 0 saturated carbocycles. The number of non-ortho nitro benzene ring substituents is 1. The Morgan fingerprint density at radius 1 is 1.06 bits per heavy atom. The van der Waals surface area contributed by atoms with Crippen molar-refractivity contribution in [1.82, 2.24) is 0 Å². The first-order valence-corrected chi connectivity index (χ1v) is 5.19. The molecule has 18 heavy (non-hydrogen) atoms. The molecule has 5 heteroatoms. The Morgan fingerprint density at radius 3 is 2.22 bits per heavy atom. The zero-order valence-corrected chi connectivity index (χ0v) is 9.29. The van der Waals surface area contributed by atoms with Crippen LogP contribution in [0.2, 0.25) is 0 Å². The summed E-state index contributed by atoms with van der Waals surface area (Å²) in [5.41, 5.74) is 1.38. The van der Waals surface area contributed by atoms with Gasteiger partial charge in [-0.05, 0) is 29.8 Å². The maximum absolute atomic E-state index is 12.7. The van der Waals surface area contributed by atoms with Crippen LogP contribution >= 0.6 is 0 Å². The third-order valence-electron chi connectivity index (χ3n) is 2.29. The van der Waals surface area contributed by atoms with Gasteiger partial charge in [-0.1, -0.05) is 12.1 Å². The van der Waals surface area contributed by atoms with Crippen molar-refractivity contribution >= 4 is 17.6 Å². The van der Waals surface area contributed by atoms with Gasteiger partial charge in [-0.2, -0.15) is 0 Å². The summed E-state index contributed by atoms with van der Waals surface area (Å²) < 4.78 is 12.7. The molecule has 0 aliphatic carbocycles. The third-order valence-corrected chi connectivity index (χ3v) is 2.29. The van der Waals surface area contributed by atoms with E-state index in [1.54, 1.807) is 30.5 Å². The average molecular weight is 244 g/mol. The fourth-order valence-electron chi connectivity index (χ4n) is 1.36. The first-order valence-electron chi connectivity index (χ1n) is 5.19. The lowest BCUT2D eigenvalue weighted by Gasteiger charge is -1.95. The topological polar surface area (TPSA) is 55.5 Å². The molecule has 2 aromatic carbocycles. The fourth-order valence-corrected chi connectivity index (χ4v) is 1.36. The van der Waals surface area contributed by atoms with Gasteiger partial charge in [0.2, 0.25) is 0 Å². The minimum Gasteiger partial charge on any atom is -0.258 e. The second-order valence-electron chi connectivity index (χ2n) is 3.58. The van der Waals surface area contributed by atoms with Crippen LogP contribution in [0, 0.1) is 15.9 Å². The minimum atomic E-state index is -0.465. The van der Waals surface area contributed by atoms with Crippen LogP contribution in [0.5, 0.6) is 0 Å². The number of nitrogens with zero attached hydrogens (tertiary/aromatic N) is 2. The Kier molecular flexibility index (Phi) is 3.43. The number of aliphatic imine (C=N–C) groups is 1.